The van der Waals surface area contributed by atoms with Crippen LogP contribution in [0.25, 0.3) is 0 Å². The number of rotatable bonds is 5. The number of sulfone groups is 1. The van der Waals surface area contributed by atoms with Gasteiger partial charge in [0.15, 0.2) is 9.84 Å². The Morgan fingerprint density at radius 2 is 1.89 bits per heavy atom. The van der Waals surface area contributed by atoms with Gasteiger partial charge in [0, 0.05) is 29.3 Å². The quantitative estimate of drug-likeness (QED) is 0.921. The number of hydrogen-bond acceptors (Lipinski definition) is 4. The van der Waals surface area contributed by atoms with Gasteiger partial charge in [-0.05, 0) is 42.6 Å². The lowest BCUT2D eigenvalue weighted by Crippen LogP contribution is -2.17. The van der Waals surface area contributed by atoms with E-state index in [9.17, 15) is 8.42 Å². The molecule has 0 fully saturated rings. The van der Waals surface area contributed by atoms with Crippen molar-refractivity contribution in [3.63, 3.8) is 0 Å². The first-order valence-electron chi connectivity index (χ1n) is 6.04. The molecule has 102 valence electrons. The molecule has 1 unspecified atom stereocenters. The van der Waals surface area contributed by atoms with Gasteiger partial charge in [-0.15, -0.1) is 11.3 Å². The van der Waals surface area contributed by atoms with E-state index in [1.165, 1.54) is 11.1 Å². The second-order valence-electron chi connectivity index (χ2n) is 4.63. The van der Waals surface area contributed by atoms with Crippen molar-refractivity contribution in [3.05, 3.63) is 46.7 Å². The number of anilines is 1. The fourth-order valence-corrected chi connectivity index (χ4v) is 3.33. The van der Waals surface area contributed by atoms with Gasteiger partial charge >= 0.3 is 0 Å². The first-order chi connectivity index (χ1) is 8.95. The van der Waals surface area contributed by atoms with Crippen molar-refractivity contribution >= 4 is 26.9 Å². The lowest BCUT2D eigenvalue weighted by molar-refractivity contribution is 0.602. The lowest BCUT2D eigenvalue weighted by Gasteiger charge is -2.14. The molecular formula is C14H17NO2S2. The normalized spacial score (nSPS) is 13.2. The Labute approximate surface area is 118 Å². The monoisotopic (exact) mass is 295 g/mol. The lowest BCUT2D eigenvalue weighted by atomic mass is 10.2. The highest BCUT2D eigenvalue weighted by Gasteiger charge is 2.08. The molecular weight excluding hydrogens is 278 g/mol. The SMILES string of the molecule is CC(Cc1cccs1)Nc1ccc(S(C)(=O)=O)cc1. The summed E-state index contributed by atoms with van der Waals surface area (Å²) in [7, 11) is -3.12. The van der Waals surface area contributed by atoms with E-state index in [0.717, 1.165) is 12.1 Å². The smallest absolute Gasteiger partial charge is 0.175 e. The van der Waals surface area contributed by atoms with Crippen molar-refractivity contribution in [2.75, 3.05) is 11.6 Å². The number of nitrogens with one attached hydrogen (secondary N) is 1. The van der Waals surface area contributed by atoms with Crippen molar-refractivity contribution < 1.29 is 8.42 Å². The summed E-state index contributed by atoms with van der Waals surface area (Å²) >= 11 is 1.75. The van der Waals surface area contributed by atoms with Gasteiger partial charge in [0.05, 0.1) is 4.90 Å². The van der Waals surface area contributed by atoms with Gasteiger partial charge in [0.1, 0.15) is 0 Å². The van der Waals surface area contributed by atoms with E-state index >= 15 is 0 Å². The topological polar surface area (TPSA) is 46.2 Å². The molecule has 0 saturated carbocycles. The minimum absolute atomic E-state index is 0.308. The zero-order chi connectivity index (χ0) is 13.9. The summed E-state index contributed by atoms with van der Waals surface area (Å²) in [5.74, 6) is 0. The second kappa shape index (κ2) is 5.75. The van der Waals surface area contributed by atoms with E-state index in [1.807, 2.05) is 6.07 Å². The zero-order valence-corrected chi connectivity index (χ0v) is 12.6. The van der Waals surface area contributed by atoms with E-state index in [-0.39, 0.29) is 0 Å². The first kappa shape index (κ1) is 14.1. The molecule has 2 aromatic rings. The molecule has 3 nitrogen and oxygen atoms in total. The summed E-state index contributed by atoms with van der Waals surface area (Å²) in [5.41, 5.74) is 0.941. The Morgan fingerprint density at radius 3 is 2.42 bits per heavy atom. The molecule has 0 amide bonds. The van der Waals surface area contributed by atoms with Crippen LogP contribution in [0, 0.1) is 0 Å². The van der Waals surface area contributed by atoms with Crippen LogP contribution in [0.15, 0.2) is 46.7 Å². The largest absolute Gasteiger partial charge is 0.382 e. The highest BCUT2D eigenvalue weighted by atomic mass is 32.2. The van der Waals surface area contributed by atoms with Crippen molar-refractivity contribution in [2.45, 2.75) is 24.3 Å². The predicted molar refractivity (Wildman–Crippen MR) is 80.7 cm³/mol. The van der Waals surface area contributed by atoms with Crippen molar-refractivity contribution in [1.82, 2.24) is 0 Å². The maximum absolute atomic E-state index is 11.4. The molecule has 0 aliphatic rings. The first-order valence-corrected chi connectivity index (χ1v) is 8.81. The standard InChI is InChI=1S/C14H17NO2S2/c1-11(10-13-4-3-9-18-13)15-12-5-7-14(8-6-12)19(2,16)17/h3-9,11,15H,10H2,1-2H3. The molecule has 0 aliphatic heterocycles. The average molecular weight is 295 g/mol. The van der Waals surface area contributed by atoms with Crippen molar-refractivity contribution in [1.29, 1.82) is 0 Å². The minimum Gasteiger partial charge on any atom is -0.382 e. The van der Waals surface area contributed by atoms with Crippen LogP contribution in [0.4, 0.5) is 5.69 Å². The van der Waals surface area contributed by atoms with Crippen LogP contribution in [0.3, 0.4) is 0 Å². The van der Waals surface area contributed by atoms with Gasteiger partial charge in [0.2, 0.25) is 0 Å². The third-order valence-electron chi connectivity index (χ3n) is 2.78. The molecule has 1 aromatic heterocycles. The Morgan fingerprint density at radius 1 is 1.21 bits per heavy atom. The summed E-state index contributed by atoms with van der Waals surface area (Å²) in [6.07, 6.45) is 2.18. The Balaban J connectivity index is 1.99. The molecule has 0 radical (unpaired) electrons. The molecule has 5 heteroatoms. The number of thiophene rings is 1. The third kappa shape index (κ3) is 4.08. The molecule has 1 heterocycles. The fraction of sp³-hybridized carbons (Fsp3) is 0.286. The zero-order valence-electron chi connectivity index (χ0n) is 11.0. The molecule has 0 saturated heterocycles. The molecule has 0 aliphatic carbocycles. The Kier molecular flexibility index (Phi) is 4.27. The molecule has 19 heavy (non-hydrogen) atoms. The van der Waals surface area contributed by atoms with E-state index in [0.29, 0.717) is 10.9 Å². The van der Waals surface area contributed by atoms with Gasteiger partial charge in [-0.2, -0.15) is 0 Å². The maximum atomic E-state index is 11.4. The molecule has 1 aromatic carbocycles. The van der Waals surface area contributed by atoms with Gasteiger partial charge in [-0.25, -0.2) is 8.42 Å². The van der Waals surface area contributed by atoms with Gasteiger partial charge in [-0.1, -0.05) is 6.07 Å². The fourth-order valence-electron chi connectivity index (χ4n) is 1.86. The van der Waals surface area contributed by atoms with Crippen LogP contribution < -0.4 is 5.32 Å². The average Bonchev–Trinajstić information content (AvgIpc) is 2.81. The van der Waals surface area contributed by atoms with Crippen LogP contribution in [0.5, 0.6) is 0 Å². The Hall–Kier alpha value is -1.33. The van der Waals surface area contributed by atoms with Gasteiger partial charge < -0.3 is 5.32 Å². The highest BCUT2D eigenvalue weighted by molar-refractivity contribution is 7.90. The summed E-state index contributed by atoms with van der Waals surface area (Å²) in [6, 6.07) is 11.4. The van der Waals surface area contributed by atoms with Crippen LogP contribution in [0.2, 0.25) is 0 Å². The highest BCUT2D eigenvalue weighted by Crippen LogP contribution is 2.17. The van der Waals surface area contributed by atoms with Gasteiger partial charge in [0.25, 0.3) is 0 Å². The van der Waals surface area contributed by atoms with Crippen LogP contribution in [-0.2, 0) is 16.3 Å². The maximum Gasteiger partial charge on any atom is 0.175 e. The molecule has 0 bridgehead atoms. The summed E-state index contributed by atoms with van der Waals surface area (Å²) in [5, 5.41) is 5.44. The van der Waals surface area contributed by atoms with Crippen LogP contribution >= 0.6 is 11.3 Å². The predicted octanol–water partition coefficient (Wildman–Crippen LogP) is 3.19. The van der Waals surface area contributed by atoms with Gasteiger partial charge in [-0.3, -0.25) is 0 Å². The van der Waals surface area contributed by atoms with Crippen molar-refractivity contribution in [2.24, 2.45) is 0 Å². The van der Waals surface area contributed by atoms with E-state index < -0.39 is 9.84 Å². The van der Waals surface area contributed by atoms with Crippen LogP contribution in [-0.4, -0.2) is 20.7 Å². The Bertz CT molecular complexity index is 616. The third-order valence-corrected chi connectivity index (χ3v) is 4.81. The van der Waals surface area contributed by atoms with E-state index in [1.54, 1.807) is 35.6 Å². The summed E-state index contributed by atoms with van der Waals surface area (Å²) < 4.78 is 22.7. The summed E-state index contributed by atoms with van der Waals surface area (Å²) in [4.78, 5) is 1.69. The molecule has 1 N–H and O–H groups in total. The number of hydrogen-bond donors (Lipinski definition) is 1. The molecule has 2 rings (SSSR count). The minimum atomic E-state index is -3.12. The van der Waals surface area contributed by atoms with Crippen LogP contribution in [0.1, 0.15) is 11.8 Å². The molecule has 1 atom stereocenters. The van der Waals surface area contributed by atoms with E-state index in [4.69, 9.17) is 0 Å². The summed E-state index contributed by atoms with van der Waals surface area (Å²) in [6.45, 7) is 2.12. The number of benzene rings is 1. The van der Waals surface area contributed by atoms with E-state index in [2.05, 4.69) is 23.7 Å². The van der Waals surface area contributed by atoms with Crippen molar-refractivity contribution in [3.8, 4) is 0 Å². The second-order valence-corrected chi connectivity index (χ2v) is 7.67. The molecule has 0 spiro atoms.